The third-order valence-corrected chi connectivity index (χ3v) is 3.54. The molecule has 1 heterocycles. The van der Waals surface area contributed by atoms with Crippen LogP contribution in [0.15, 0.2) is 24.3 Å². The van der Waals surface area contributed by atoms with Gasteiger partial charge in [0.15, 0.2) is 0 Å². The molecule has 0 bridgehead atoms. The van der Waals surface area contributed by atoms with E-state index in [9.17, 15) is 9.50 Å². The van der Waals surface area contributed by atoms with E-state index in [1.165, 1.54) is 12.1 Å². The molecule has 0 saturated heterocycles. The van der Waals surface area contributed by atoms with Gasteiger partial charge in [0.1, 0.15) is 11.0 Å². The molecule has 1 unspecified atom stereocenters. The summed E-state index contributed by atoms with van der Waals surface area (Å²) in [5.74, 6) is -0.291. The number of hydrogen-bond acceptors (Lipinski definition) is 2. The van der Waals surface area contributed by atoms with E-state index < -0.39 is 6.10 Å². The molecule has 0 aliphatic carbocycles. The molecule has 0 aliphatic rings. The number of aromatic nitrogens is 2. The van der Waals surface area contributed by atoms with Crippen molar-refractivity contribution >= 4 is 11.6 Å². The Morgan fingerprint density at radius 2 is 2.16 bits per heavy atom. The Balaban J connectivity index is 2.07. The van der Waals surface area contributed by atoms with Crippen LogP contribution in [0.3, 0.4) is 0 Å². The van der Waals surface area contributed by atoms with Crippen LogP contribution in [-0.2, 0) is 19.9 Å². The highest BCUT2D eigenvalue weighted by molar-refractivity contribution is 6.30. The molecule has 1 aromatic carbocycles. The minimum Gasteiger partial charge on any atom is -0.392 e. The minimum absolute atomic E-state index is 0.291. The Morgan fingerprint density at radius 3 is 2.74 bits per heavy atom. The van der Waals surface area contributed by atoms with Crippen molar-refractivity contribution < 1.29 is 9.50 Å². The molecule has 0 spiro atoms. The minimum atomic E-state index is -0.609. The van der Waals surface area contributed by atoms with Gasteiger partial charge in [0.05, 0.1) is 11.8 Å². The maximum absolute atomic E-state index is 13.1. The van der Waals surface area contributed by atoms with E-state index in [1.807, 2.05) is 6.92 Å². The number of aliphatic hydroxyl groups is 1. The summed E-state index contributed by atoms with van der Waals surface area (Å²) in [6, 6.07) is 6.25. The number of nitrogens with zero attached hydrogens (tertiary/aromatic N) is 2. The third-order valence-electron chi connectivity index (χ3n) is 3.07. The number of benzene rings is 1. The Morgan fingerprint density at radius 1 is 1.42 bits per heavy atom. The van der Waals surface area contributed by atoms with Crippen molar-refractivity contribution in [3.8, 4) is 0 Å². The summed E-state index contributed by atoms with van der Waals surface area (Å²) >= 11 is 6.12. The third kappa shape index (κ3) is 3.33. The number of aliphatic hydroxyl groups excluding tert-OH is 1. The zero-order valence-corrected chi connectivity index (χ0v) is 11.7. The fourth-order valence-electron chi connectivity index (χ4n) is 2.15. The maximum atomic E-state index is 13.1. The van der Waals surface area contributed by atoms with Crippen molar-refractivity contribution in [1.29, 1.82) is 0 Å². The van der Waals surface area contributed by atoms with Gasteiger partial charge < -0.3 is 5.11 Å². The van der Waals surface area contributed by atoms with Crippen molar-refractivity contribution in [3.05, 3.63) is 52.1 Å². The zero-order chi connectivity index (χ0) is 14.0. The Kier molecular flexibility index (Phi) is 4.22. The lowest BCUT2D eigenvalue weighted by Gasteiger charge is -2.10. The van der Waals surface area contributed by atoms with E-state index >= 15 is 0 Å². The molecule has 3 nitrogen and oxygen atoms in total. The van der Waals surface area contributed by atoms with Crippen molar-refractivity contribution in [2.45, 2.75) is 25.9 Å². The van der Waals surface area contributed by atoms with Gasteiger partial charge in [0, 0.05) is 19.0 Å². The lowest BCUT2D eigenvalue weighted by atomic mass is 10.0. The van der Waals surface area contributed by atoms with Gasteiger partial charge in [0.2, 0.25) is 0 Å². The normalized spacial score (nSPS) is 12.7. The SMILES string of the molecule is Cc1nn(C)c(Cl)c1CC(O)Cc1cccc(F)c1. The van der Waals surface area contributed by atoms with Crippen LogP contribution < -0.4 is 0 Å². The highest BCUT2D eigenvalue weighted by atomic mass is 35.5. The molecule has 0 radical (unpaired) electrons. The van der Waals surface area contributed by atoms with Crippen LogP contribution in [0.1, 0.15) is 16.8 Å². The second-order valence-corrected chi connectivity index (χ2v) is 5.03. The van der Waals surface area contributed by atoms with Gasteiger partial charge in [-0.05, 0) is 31.0 Å². The Labute approximate surface area is 116 Å². The summed E-state index contributed by atoms with van der Waals surface area (Å²) in [5, 5.41) is 14.8. The first-order valence-electron chi connectivity index (χ1n) is 6.08. The van der Waals surface area contributed by atoms with E-state index in [4.69, 9.17) is 11.6 Å². The first-order valence-corrected chi connectivity index (χ1v) is 6.45. The molecule has 1 aromatic heterocycles. The molecule has 2 aromatic rings. The first kappa shape index (κ1) is 14.0. The number of aryl methyl sites for hydroxylation is 2. The first-order chi connectivity index (χ1) is 8.97. The Bertz CT molecular complexity index is 583. The van der Waals surface area contributed by atoms with Gasteiger partial charge in [-0.3, -0.25) is 4.68 Å². The summed E-state index contributed by atoms with van der Waals surface area (Å²) < 4.78 is 14.6. The standard InChI is InChI=1S/C14H16ClFN2O/c1-9-13(14(15)18(2)17-9)8-12(19)7-10-4-3-5-11(16)6-10/h3-6,12,19H,7-8H2,1-2H3. The molecule has 0 fully saturated rings. The fraction of sp³-hybridized carbons (Fsp3) is 0.357. The number of hydrogen-bond donors (Lipinski definition) is 1. The van der Waals surface area contributed by atoms with Crippen LogP contribution in [0.25, 0.3) is 0 Å². The molecule has 19 heavy (non-hydrogen) atoms. The summed E-state index contributed by atoms with van der Waals surface area (Å²) in [5.41, 5.74) is 2.42. The van der Waals surface area contributed by atoms with Crippen LogP contribution in [0.4, 0.5) is 4.39 Å². The van der Waals surface area contributed by atoms with Gasteiger partial charge in [-0.1, -0.05) is 23.7 Å². The quantitative estimate of drug-likeness (QED) is 0.936. The fourth-order valence-corrected chi connectivity index (χ4v) is 2.40. The summed E-state index contributed by atoms with van der Waals surface area (Å²) in [6.45, 7) is 1.86. The zero-order valence-electron chi connectivity index (χ0n) is 10.9. The van der Waals surface area contributed by atoms with E-state index in [0.29, 0.717) is 18.0 Å². The molecule has 0 amide bonds. The average molecular weight is 283 g/mol. The van der Waals surface area contributed by atoms with Crippen molar-refractivity contribution in [2.24, 2.45) is 7.05 Å². The van der Waals surface area contributed by atoms with E-state index in [-0.39, 0.29) is 5.82 Å². The topological polar surface area (TPSA) is 38.0 Å². The maximum Gasteiger partial charge on any atom is 0.130 e. The molecule has 102 valence electrons. The summed E-state index contributed by atoms with van der Waals surface area (Å²) in [7, 11) is 1.76. The second kappa shape index (κ2) is 5.72. The van der Waals surface area contributed by atoms with E-state index in [2.05, 4.69) is 5.10 Å². The van der Waals surface area contributed by atoms with Gasteiger partial charge in [0.25, 0.3) is 0 Å². The van der Waals surface area contributed by atoms with Gasteiger partial charge >= 0.3 is 0 Å². The number of rotatable bonds is 4. The van der Waals surface area contributed by atoms with Crippen LogP contribution in [0.5, 0.6) is 0 Å². The monoisotopic (exact) mass is 282 g/mol. The summed E-state index contributed by atoms with van der Waals surface area (Å²) in [6.07, 6.45) is 0.194. The van der Waals surface area contributed by atoms with Crippen molar-refractivity contribution in [3.63, 3.8) is 0 Å². The predicted molar refractivity (Wildman–Crippen MR) is 72.8 cm³/mol. The van der Waals surface area contributed by atoms with Crippen LogP contribution in [0, 0.1) is 12.7 Å². The lowest BCUT2D eigenvalue weighted by Crippen LogP contribution is -2.14. The van der Waals surface area contributed by atoms with Crippen molar-refractivity contribution in [1.82, 2.24) is 9.78 Å². The second-order valence-electron chi connectivity index (χ2n) is 4.67. The molecule has 0 saturated carbocycles. The molecule has 1 atom stereocenters. The largest absolute Gasteiger partial charge is 0.392 e. The van der Waals surface area contributed by atoms with Crippen molar-refractivity contribution in [2.75, 3.05) is 0 Å². The lowest BCUT2D eigenvalue weighted by molar-refractivity contribution is 0.175. The Hall–Kier alpha value is -1.39. The molecular weight excluding hydrogens is 267 g/mol. The molecule has 2 rings (SSSR count). The molecule has 1 N–H and O–H groups in total. The smallest absolute Gasteiger partial charge is 0.130 e. The molecule has 5 heteroatoms. The molecule has 0 aliphatic heterocycles. The van der Waals surface area contributed by atoms with Crippen LogP contribution in [0.2, 0.25) is 5.15 Å². The predicted octanol–water partition coefficient (Wildman–Crippen LogP) is 2.67. The highest BCUT2D eigenvalue weighted by Crippen LogP contribution is 2.21. The highest BCUT2D eigenvalue weighted by Gasteiger charge is 2.16. The van der Waals surface area contributed by atoms with E-state index in [1.54, 1.807) is 23.9 Å². The van der Waals surface area contributed by atoms with Crippen LogP contribution in [-0.4, -0.2) is 21.0 Å². The molecular formula is C14H16ClFN2O. The summed E-state index contributed by atoms with van der Waals surface area (Å²) in [4.78, 5) is 0. The van der Waals surface area contributed by atoms with Gasteiger partial charge in [-0.15, -0.1) is 0 Å². The van der Waals surface area contributed by atoms with E-state index in [0.717, 1.165) is 16.8 Å². The van der Waals surface area contributed by atoms with Gasteiger partial charge in [-0.25, -0.2) is 4.39 Å². The van der Waals surface area contributed by atoms with Crippen LogP contribution >= 0.6 is 11.6 Å². The number of halogens is 2. The average Bonchev–Trinajstić information content (AvgIpc) is 2.56. The van der Waals surface area contributed by atoms with Gasteiger partial charge in [-0.2, -0.15) is 5.10 Å².